The van der Waals surface area contributed by atoms with Crippen LogP contribution >= 0.6 is 0 Å². The summed E-state index contributed by atoms with van der Waals surface area (Å²) in [6, 6.07) is 13.0. The predicted molar refractivity (Wildman–Crippen MR) is 130 cm³/mol. The lowest BCUT2D eigenvalue weighted by atomic mass is 9.98. The Balaban J connectivity index is 1.27. The molecule has 35 heavy (non-hydrogen) atoms. The molecule has 1 unspecified atom stereocenters. The van der Waals surface area contributed by atoms with Gasteiger partial charge in [-0.2, -0.15) is 0 Å². The summed E-state index contributed by atoms with van der Waals surface area (Å²) in [5.74, 6) is 1.40. The molecule has 0 aromatic heterocycles. The molecule has 3 heterocycles. The summed E-state index contributed by atoms with van der Waals surface area (Å²) in [4.78, 5) is 44.6. The van der Waals surface area contributed by atoms with Gasteiger partial charge in [0.15, 0.2) is 11.5 Å². The minimum Gasteiger partial charge on any atom is -0.486 e. The molecule has 0 bridgehead atoms. The van der Waals surface area contributed by atoms with Gasteiger partial charge in [-0.1, -0.05) is 24.3 Å². The van der Waals surface area contributed by atoms with Crippen LogP contribution in [0, 0.1) is 0 Å². The third kappa shape index (κ3) is 4.00. The number of para-hydroxylation sites is 2. The Hall–Kier alpha value is -3.55. The van der Waals surface area contributed by atoms with Crippen molar-refractivity contribution in [1.82, 2.24) is 9.80 Å². The average Bonchev–Trinajstić information content (AvgIpc) is 3.19. The summed E-state index contributed by atoms with van der Waals surface area (Å²) in [5, 5.41) is 0. The Morgan fingerprint density at radius 2 is 1.89 bits per heavy atom. The molecule has 5 rings (SSSR count). The largest absolute Gasteiger partial charge is 0.486 e. The van der Waals surface area contributed by atoms with Gasteiger partial charge < -0.3 is 19.3 Å². The molecule has 8 nitrogen and oxygen atoms in total. The monoisotopic (exact) mass is 477 g/mol. The van der Waals surface area contributed by atoms with Crippen LogP contribution in [0.4, 0.5) is 5.69 Å². The van der Waals surface area contributed by atoms with Crippen molar-refractivity contribution in [2.45, 2.75) is 51.7 Å². The number of rotatable bonds is 7. The van der Waals surface area contributed by atoms with Crippen LogP contribution in [0.25, 0.3) is 0 Å². The molecule has 3 aliphatic rings. The van der Waals surface area contributed by atoms with E-state index in [-0.39, 0.29) is 17.7 Å². The Kier molecular flexibility index (Phi) is 6.13. The van der Waals surface area contributed by atoms with Crippen LogP contribution in [0.5, 0.6) is 11.5 Å². The van der Waals surface area contributed by atoms with Crippen molar-refractivity contribution in [1.29, 1.82) is 0 Å². The fourth-order valence-electron chi connectivity index (χ4n) is 5.43. The number of nitrogens with zero attached hydrogens (tertiary/aromatic N) is 3. The lowest BCUT2D eigenvalue weighted by Gasteiger charge is -2.48. The van der Waals surface area contributed by atoms with E-state index in [1.165, 1.54) is 0 Å². The standard InChI is InChI=1S/C27H31N3O5/c1-3-28(18-19-8-6-11-22-25(19)35-17-16-34-22)23(31)12-7-15-29-26(33)20-9-4-5-10-21(20)30-24(32)13-14-27(29,30)2/h4-6,8-11H,3,7,12-18H2,1-2H3. The quantitative estimate of drug-likeness (QED) is 0.609. The highest BCUT2D eigenvalue weighted by Crippen LogP contribution is 2.44. The molecule has 1 saturated heterocycles. The second-order valence-electron chi connectivity index (χ2n) is 9.37. The molecule has 0 aliphatic carbocycles. The molecular formula is C27H31N3O5. The first-order valence-electron chi connectivity index (χ1n) is 12.3. The molecule has 2 aromatic rings. The van der Waals surface area contributed by atoms with Crippen molar-refractivity contribution in [2.75, 3.05) is 31.2 Å². The first kappa shape index (κ1) is 23.2. The molecule has 184 valence electrons. The minimum atomic E-state index is -0.698. The van der Waals surface area contributed by atoms with Crippen LogP contribution in [0.2, 0.25) is 0 Å². The number of amides is 3. The third-order valence-corrected chi connectivity index (χ3v) is 7.26. The van der Waals surface area contributed by atoms with E-state index in [9.17, 15) is 14.4 Å². The normalized spacial score (nSPS) is 20.5. The third-order valence-electron chi connectivity index (χ3n) is 7.26. The Labute approximate surface area is 205 Å². The molecular weight excluding hydrogens is 446 g/mol. The SMILES string of the molecule is CCN(Cc1cccc2c1OCCO2)C(=O)CCCN1C(=O)c2ccccc2N2C(=O)CCC12C. The Bertz CT molecular complexity index is 1170. The predicted octanol–water partition coefficient (Wildman–Crippen LogP) is 3.59. The lowest BCUT2D eigenvalue weighted by Crippen LogP contribution is -2.62. The first-order valence-corrected chi connectivity index (χ1v) is 12.3. The number of hydrogen-bond donors (Lipinski definition) is 0. The highest BCUT2D eigenvalue weighted by Gasteiger charge is 2.52. The average molecular weight is 478 g/mol. The van der Waals surface area contributed by atoms with Crippen molar-refractivity contribution in [3.05, 3.63) is 53.6 Å². The summed E-state index contributed by atoms with van der Waals surface area (Å²) in [7, 11) is 0. The van der Waals surface area contributed by atoms with Gasteiger partial charge in [0.2, 0.25) is 11.8 Å². The van der Waals surface area contributed by atoms with Crippen LogP contribution in [0.1, 0.15) is 55.5 Å². The molecule has 1 atom stereocenters. The van der Waals surface area contributed by atoms with E-state index >= 15 is 0 Å². The van der Waals surface area contributed by atoms with Gasteiger partial charge in [-0.05, 0) is 44.9 Å². The Morgan fingerprint density at radius 3 is 2.71 bits per heavy atom. The fourth-order valence-corrected chi connectivity index (χ4v) is 5.43. The summed E-state index contributed by atoms with van der Waals surface area (Å²) in [6.45, 7) is 6.35. The maximum Gasteiger partial charge on any atom is 0.257 e. The zero-order chi connectivity index (χ0) is 24.6. The minimum absolute atomic E-state index is 0.0243. The van der Waals surface area contributed by atoms with Gasteiger partial charge in [-0.15, -0.1) is 0 Å². The molecule has 3 aliphatic heterocycles. The van der Waals surface area contributed by atoms with Gasteiger partial charge >= 0.3 is 0 Å². The summed E-state index contributed by atoms with van der Waals surface area (Å²) in [5.41, 5.74) is 1.45. The summed E-state index contributed by atoms with van der Waals surface area (Å²) >= 11 is 0. The van der Waals surface area contributed by atoms with E-state index in [1.807, 2.05) is 50.2 Å². The zero-order valence-electron chi connectivity index (χ0n) is 20.3. The molecule has 0 N–H and O–H groups in total. The Morgan fingerprint density at radius 1 is 1.09 bits per heavy atom. The van der Waals surface area contributed by atoms with Crippen LogP contribution < -0.4 is 14.4 Å². The van der Waals surface area contributed by atoms with Gasteiger partial charge in [0, 0.05) is 38.0 Å². The van der Waals surface area contributed by atoms with Crippen molar-refractivity contribution in [2.24, 2.45) is 0 Å². The second kappa shape index (κ2) is 9.24. The van der Waals surface area contributed by atoms with E-state index < -0.39 is 5.66 Å². The molecule has 3 amide bonds. The number of ether oxygens (including phenoxy) is 2. The van der Waals surface area contributed by atoms with Gasteiger partial charge in [0.05, 0.1) is 11.3 Å². The molecule has 8 heteroatoms. The molecule has 0 saturated carbocycles. The second-order valence-corrected chi connectivity index (χ2v) is 9.37. The molecule has 0 spiro atoms. The highest BCUT2D eigenvalue weighted by atomic mass is 16.6. The molecule has 2 aromatic carbocycles. The maximum absolute atomic E-state index is 13.4. The molecule has 1 fully saturated rings. The van der Waals surface area contributed by atoms with Crippen molar-refractivity contribution in [3.8, 4) is 11.5 Å². The highest BCUT2D eigenvalue weighted by molar-refractivity contribution is 6.10. The van der Waals surface area contributed by atoms with Crippen LogP contribution in [0.15, 0.2) is 42.5 Å². The van der Waals surface area contributed by atoms with Crippen molar-refractivity contribution >= 4 is 23.4 Å². The summed E-state index contributed by atoms with van der Waals surface area (Å²) < 4.78 is 11.5. The van der Waals surface area contributed by atoms with Gasteiger partial charge in [0.1, 0.15) is 18.9 Å². The van der Waals surface area contributed by atoms with E-state index in [2.05, 4.69) is 0 Å². The first-order chi connectivity index (χ1) is 16.9. The molecule has 0 radical (unpaired) electrons. The van der Waals surface area contributed by atoms with Crippen LogP contribution in [0.3, 0.4) is 0 Å². The number of anilines is 1. The van der Waals surface area contributed by atoms with Gasteiger partial charge in [0.25, 0.3) is 5.91 Å². The smallest absolute Gasteiger partial charge is 0.257 e. The number of fused-ring (bicyclic) bond motifs is 4. The van der Waals surface area contributed by atoms with Gasteiger partial charge in [-0.3, -0.25) is 19.3 Å². The van der Waals surface area contributed by atoms with Crippen molar-refractivity contribution < 1.29 is 23.9 Å². The topological polar surface area (TPSA) is 79.4 Å². The van der Waals surface area contributed by atoms with E-state index in [4.69, 9.17) is 9.47 Å². The van der Waals surface area contributed by atoms with Crippen LogP contribution in [-0.4, -0.2) is 59.5 Å². The zero-order valence-corrected chi connectivity index (χ0v) is 20.3. The number of hydrogen-bond acceptors (Lipinski definition) is 5. The number of carbonyl (C=O) groups excluding carboxylic acids is 3. The van der Waals surface area contributed by atoms with E-state index in [0.717, 1.165) is 5.56 Å². The van der Waals surface area contributed by atoms with Crippen LogP contribution in [-0.2, 0) is 16.1 Å². The van der Waals surface area contributed by atoms with Gasteiger partial charge in [-0.25, -0.2) is 0 Å². The maximum atomic E-state index is 13.4. The number of carbonyl (C=O) groups is 3. The number of benzene rings is 2. The fraction of sp³-hybridized carbons (Fsp3) is 0.444. The lowest BCUT2D eigenvalue weighted by molar-refractivity contribution is -0.132. The van der Waals surface area contributed by atoms with Crippen molar-refractivity contribution in [3.63, 3.8) is 0 Å². The summed E-state index contributed by atoms with van der Waals surface area (Å²) in [6.07, 6.45) is 1.83. The van der Waals surface area contributed by atoms with E-state index in [1.54, 1.807) is 20.8 Å². The van der Waals surface area contributed by atoms with E-state index in [0.29, 0.717) is 81.3 Å².